The molecule has 4 N–H and O–H groups in total. The van der Waals surface area contributed by atoms with Gasteiger partial charge in [-0.3, -0.25) is 24.0 Å². The first-order chi connectivity index (χ1) is 21.1. The number of aromatic nitrogens is 2. The third kappa shape index (κ3) is 8.65. The molecule has 0 aliphatic carbocycles. The Kier molecular flexibility index (Phi) is 11.1. The van der Waals surface area contributed by atoms with Crippen LogP contribution in [-0.4, -0.2) is 51.8 Å². The van der Waals surface area contributed by atoms with Crippen LogP contribution in [0.5, 0.6) is 0 Å². The van der Waals surface area contributed by atoms with E-state index in [9.17, 15) is 24.0 Å². The van der Waals surface area contributed by atoms with Crippen LogP contribution in [0, 0.1) is 12.8 Å². The van der Waals surface area contributed by atoms with Gasteiger partial charge in [0.25, 0.3) is 11.5 Å². The predicted octanol–water partition coefficient (Wildman–Crippen LogP) is 2.17. The lowest BCUT2D eigenvalue weighted by atomic mass is 10.0. The molecule has 3 atom stereocenters. The van der Waals surface area contributed by atoms with Gasteiger partial charge < -0.3 is 30.3 Å². The number of pyridine rings is 1. The number of nitrogens with zero attached hydrogens (tertiary/aromatic N) is 2. The van der Waals surface area contributed by atoms with E-state index < -0.39 is 41.8 Å². The summed E-state index contributed by atoms with van der Waals surface area (Å²) < 4.78 is 7.10. The molecule has 3 heterocycles. The van der Waals surface area contributed by atoms with Gasteiger partial charge in [0.15, 0.2) is 5.69 Å². The van der Waals surface area contributed by atoms with Crippen LogP contribution < -0.4 is 26.8 Å². The summed E-state index contributed by atoms with van der Waals surface area (Å²) in [7, 11) is 0. The molecule has 2 bridgehead atoms. The second-order valence-electron chi connectivity index (χ2n) is 11.3. The van der Waals surface area contributed by atoms with Crippen molar-refractivity contribution in [3.8, 4) is 0 Å². The zero-order valence-electron chi connectivity index (χ0n) is 25.3. The molecule has 0 spiro atoms. The molecule has 1 aliphatic rings. The van der Waals surface area contributed by atoms with E-state index in [1.54, 1.807) is 19.1 Å². The van der Waals surface area contributed by atoms with E-state index in [4.69, 9.17) is 4.42 Å². The van der Waals surface area contributed by atoms with Gasteiger partial charge in [-0.15, -0.1) is 0 Å². The van der Waals surface area contributed by atoms with Crippen molar-refractivity contribution in [3.05, 3.63) is 88.0 Å². The molecular weight excluding hydrogens is 564 g/mol. The van der Waals surface area contributed by atoms with Gasteiger partial charge in [0.2, 0.25) is 23.6 Å². The van der Waals surface area contributed by atoms with Crippen molar-refractivity contribution in [1.29, 1.82) is 0 Å². The Balaban J connectivity index is 1.57. The fraction of sp³-hybridized carbons (Fsp3) is 0.438. The minimum absolute atomic E-state index is 0.00812. The van der Waals surface area contributed by atoms with Crippen molar-refractivity contribution in [2.75, 3.05) is 6.54 Å². The van der Waals surface area contributed by atoms with E-state index in [-0.39, 0.29) is 48.9 Å². The van der Waals surface area contributed by atoms with Gasteiger partial charge in [-0.05, 0) is 43.7 Å². The average Bonchev–Trinajstić information content (AvgIpc) is 3.48. The van der Waals surface area contributed by atoms with Gasteiger partial charge in [0.05, 0.1) is 0 Å². The average molecular weight is 605 g/mol. The summed E-state index contributed by atoms with van der Waals surface area (Å²) in [6, 6.07) is 11.6. The molecular formula is C32H40N6O6. The number of aryl methyl sites for hydroxylation is 1. The van der Waals surface area contributed by atoms with E-state index in [2.05, 4.69) is 26.3 Å². The van der Waals surface area contributed by atoms with E-state index in [0.29, 0.717) is 19.4 Å². The molecule has 0 radical (unpaired) electrons. The largest absolute Gasteiger partial charge is 0.446 e. The van der Waals surface area contributed by atoms with Gasteiger partial charge in [0.1, 0.15) is 24.4 Å². The van der Waals surface area contributed by atoms with E-state index in [1.165, 1.54) is 16.9 Å². The SMILES string of the molecule is Cc1cccc(=O)n1CCC(=O)N[C@H]1CCCCNC(=O)c2coc(n2)[C@H](C(C)C)NC(=O)[C@H](Cc2ccccc2)NC1=O. The van der Waals surface area contributed by atoms with Gasteiger partial charge in [-0.1, -0.05) is 50.2 Å². The van der Waals surface area contributed by atoms with E-state index in [1.807, 2.05) is 44.2 Å². The molecule has 2 aromatic heterocycles. The number of rotatable bonds is 7. The van der Waals surface area contributed by atoms with Crippen molar-refractivity contribution in [2.24, 2.45) is 5.92 Å². The molecule has 1 aromatic carbocycles. The normalized spacial score (nSPS) is 20.0. The fourth-order valence-electron chi connectivity index (χ4n) is 5.06. The fourth-order valence-corrected chi connectivity index (χ4v) is 5.06. The number of nitrogens with one attached hydrogen (secondary N) is 4. The Morgan fingerprint density at radius 1 is 1.02 bits per heavy atom. The van der Waals surface area contributed by atoms with Crippen LogP contribution in [0.1, 0.15) is 73.2 Å². The van der Waals surface area contributed by atoms with Crippen LogP contribution in [0.4, 0.5) is 0 Å². The highest BCUT2D eigenvalue weighted by molar-refractivity contribution is 5.93. The number of amides is 4. The minimum atomic E-state index is -0.971. The molecule has 12 nitrogen and oxygen atoms in total. The highest BCUT2D eigenvalue weighted by Gasteiger charge is 2.31. The molecule has 1 aliphatic heterocycles. The molecule has 12 heteroatoms. The summed E-state index contributed by atoms with van der Waals surface area (Å²) in [6.07, 6.45) is 2.79. The predicted molar refractivity (Wildman–Crippen MR) is 162 cm³/mol. The molecule has 4 amide bonds. The van der Waals surface area contributed by atoms with E-state index in [0.717, 1.165) is 11.3 Å². The number of carbonyl (C=O) groups is 4. The Labute approximate surface area is 256 Å². The van der Waals surface area contributed by atoms with Crippen LogP contribution in [0.15, 0.2) is 64.0 Å². The third-order valence-corrected chi connectivity index (χ3v) is 7.59. The van der Waals surface area contributed by atoms with Crippen molar-refractivity contribution >= 4 is 23.6 Å². The second-order valence-corrected chi connectivity index (χ2v) is 11.3. The Morgan fingerprint density at radius 3 is 2.52 bits per heavy atom. The number of hydrogen-bond acceptors (Lipinski definition) is 7. The maximum Gasteiger partial charge on any atom is 0.273 e. The first-order valence-corrected chi connectivity index (χ1v) is 15.0. The van der Waals surface area contributed by atoms with Crippen LogP contribution in [0.3, 0.4) is 0 Å². The molecule has 44 heavy (non-hydrogen) atoms. The van der Waals surface area contributed by atoms with Gasteiger partial charge >= 0.3 is 0 Å². The molecule has 0 unspecified atom stereocenters. The van der Waals surface area contributed by atoms with E-state index >= 15 is 0 Å². The topological polar surface area (TPSA) is 164 Å². The summed E-state index contributed by atoms with van der Waals surface area (Å²) in [5.41, 5.74) is 1.46. The standard InChI is InChI=1S/C32H40N6O6/c1-20(2)28-32-36-25(19-44-32)29(41)33-16-8-7-13-23(34-26(39)15-17-38-21(3)10-9-14-27(38)40)30(42)35-24(31(43)37-28)18-22-11-5-4-6-12-22/h4-6,9-12,14,19-20,23-24,28H,7-8,13,15-18H2,1-3H3,(H,33,41)(H,34,39)(H,35,42)(H,37,43)/t23-,24-,28-/m0/s1. The molecule has 234 valence electrons. The van der Waals surface area contributed by atoms with Crippen LogP contribution in [-0.2, 0) is 27.3 Å². The summed E-state index contributed by atoms with van der Waals surface area (Å²) >= 11 is 0. The second kappa shape index (κ2) is 15.1. The highest BCUT2D eigenvalue weighted by Crippen LogP contribution is 2.22. The molecule has 4 rings (SSSR count). The number of benzene rings is 1. The summed E-state index contributed by atoms with van der Waals surface area (Å²) in [5, 5.41) is 11.4. The zero-order valence-corrected chi connectivity index (χ0v) is 25.3. The summed E-state index contributed by atoms with van der Waals surface area (Å²) in [4.78, 5) is 69.6. The Morgan fingerprint density at radius 2 is 1.80 bits per heavy atom. The molecule has 0 fully saturated rings. The van der Waals surface area contributed by atoms with Crippen molar-refractivity contribution in [2.45, 2.75) is 77.5 Å². The first-order valence-electron chi connectivity index (χ1n) is 15.0. The van der Waals surface area contributed by atoms with Crippen molar-refractivity contribution < 1.29 is 23.6 Å². The van der Waals surface area contributed by atoms with Crippen molar-refractivity contribution in [1.82, 2.24) is 30.8 Å². The zero-order chi connectivity index (χ0) is 31.6. The van der Waals surface area contributed by atoms with Crippen LogP contribution >= 0.6 is 0 Å². The first kappa shape index (κ1) is 32.2. The summed E-state index contributed by atoms with van der Waals surface area (Å²) in [6.45, 7) is 6.05. The lowest BCUT2D eigenvalue weighted by molar-refractivity contribution is -0.132. The maximum absolute atomic E-state index is 13.7. The Bertz CT molecular complexity index is 1510. The molecule has 0 saturated carbocycles. The minimum Gasteiger partial charge on any atom is -0.446 e. The quantitative estimate of drug-likeness (QED) is 0.321. The number of fused-ring (bicyclic) bond motifs is 2. The molecule has 3 aromatic rings. The van der Waals surface area contributed by atoms with Gasteiger partial charge in [-0.25, -0.2) is 4.98 Å². The number of hydrogen-bond donors (Lipinski definition) is 4. The molecule has 0 saturated heterocycles. The van der Waals surface area contributed by atoms with Gasteiger partial charge in [0, 0.05) is 37.7 Å². The van der Waals surface area contributed by atoms with Crippen LogP contribution in [0.25, 0.3) is 0 Å². The lowest BCUT2D eigenvalue weighted by Crippen LogP contribution is -2.55. The number of oxazole rings is 1. The Hall–Kier alpha value is -4.74. The number of carbonyl (C=O) groups excluding carboxylic acids is 4. The maximum atomic E-state index is 13.7. The monoisotopic (exact) mass is 604 g/mol. The van der Waals surface area contributed by atoms with Gasteiger partial charge in [-0.2, -0.15) is 0 Å². The highest BCUT2D eigenvalue weighted by atomic mass is 16.3. The summed E-state index contributed by atoms with van der Waals surface area (Å²) in [5.74, 6) is -1.72. The third-order valence-electron chi connectivity index (χ3n) is 7.59. The van der Waals surface area contributed by atoms with Crippen LogP contribution in [0.2, 0.25) is 0 Å². The smallest absolute Gasteiger partial charge is 0.273 e. The lowest BCUT2D eigenvalue weighted by Gasteiger charge is -2.26. The van der Waals surface area contributed by atoms with Crippen molar-refractivity contribution in [3.63, 3.8) is 0 Å².